The highest BCUT2D eigenvalue weighted by atomic mass is 16.5. The van der Waals surface area contributed by atoms with Gasteiger partial charge in [0.25, 0.3) is 5.91 Å². The number of nitrogens with zero attached hydrogens (tertiary/aromatic N) is 4. The summed E-state index contributed by atoms with van der Waals surface area (Å²) in [5, 5.41) is 10.8. The summed E-state index contributed by atoms with van der Waals surface area (Å²) in [6, 6.07) is 5.86. The maximum Gasteiger partial charge on any atom is 0.254 e. The van der Waals surface area contributed by atoms with E-state index in [-0.39, 0.29) is 5.56 Å². The molecule has 0 spiro atoms. The molecule has 9 nitrogen and oxygen atoms in total. The Morgan fingerprint density at radius 3 is 3.00 bits per heavy atom. The molecule has 3 heterocycles. The molecule has 128 valence electrons. The Morgan fingerprint density at radius 1 is 1.44 bits per heavy atom. The van der Waals surface area contributed by atoms with Gasteiger partial charge in [0.15, 0.2) is 5.65 Å². The third-order valence-electron chi connectivity index (χ3n) is 3.89. The lowest BCUT2D eigenvalue weighted by Gasteiger charge is -2.12. The number of carbonyl (C=O) groups is 1. The standard InChI is InChI=1S/C16H17N7O2/c1-25-16-11(3-2-6-18-16)21-12-7-13(20-9-4-5-9)23-15(22-12)10(8-19-23)14(17)24/h2-3,6-9,20H,4-5H2,1H3,(H2,17,24)(H,21,22). The second-order valence-electron chi connectivity index (χ2n) is 5.79. The maximum atomic E-state index is 11.6. The molecule has 0 radical (unpaired) electrons. The van der Waals surface area contributed by atoms with Crippen molar-refractivity contribution in [3.8, 4) is 5.88 Å². The van der Waals surface area contributed by atoms with Gasteiger partial charge in [0.2, 0.25) is 5.88 Å². The minimum atomic E-state index is -0.573. The van der Waals surface area contributed by atoms with Gasteiger partial charge in [0.1, 0.15) is 22.9 Å². The van der Waals surface area contributed by atoms with Gasteiger partial charge in [-0.2, -0.15) is 9.61 Å². The lowest BCUT2D eigenvalue weighted by Crippen LogP contribution is -2.13. The molecule has 1 amide bonds. The Labute approximate surface area is 143 Å². The van der Waals surface area contributed by atoms with Gasteiger partial charge in [-0.25, -0.2) is 9.97 Å². The van der Waals surface area contributed by atoms with E-state index >= 15 is 0 Å². The van der Waals surface area contributed by atoms with Crippen LogP contribution in [0.5, 0.6) is 5.88 Å². The van der Waals surface area contributed by atoms with Gasteiger partial charge < -0.3 is 21.1 Å². The van der Waals surface area contributed by atoms with Gasteiger partial charge in [-0.3, -0.25) is 4.79 Å². The summed E-state index contributed by atoms with van der Waals surface area (Å²) in [5.41, 5.74) is 6.76. The summed E-state index contributed by atoms with van der Waals surface area (Å²) < 4.78 is 6.84. The van der Waals surface area contributed by atoms with Gasteiger partial charge in [-0.15, -0.1) is 0 Å². The number of fused-ring (bicyclic) bond motifs is 1. The molecule has 1 aliphatic rings. The number of rotatable bonds is 6. The predicted octanol–water partition coefficient (Wildman–Crippen LogP) is 1.55. The molecule has 1 fully saturated rings. The van der Waals surface area contributed by atoms with Crippen molar-refractivity contribution < 1.29 is 9.53 Å². The smallest absolute Gasteiger partial charge is 0.254 e. The van der Waals surface area contributed by atoms with Crippen LogP contribution in [0.1, 0.15) is 23.2 Å². The fraction of sp³-hybridized carbons (Fsp3) is 0.250. The summed E-state index contributed by atoms with van der Waals surface area (Å²) in [6.07, 6.45) is 5.28. The van der Waals surface area contributed by atoms with Crippen LogP contribution in [0.2, 0.25) is 0 Å². The first-order chi connectivity index (χ1) is 12.2. The summed E-state index contributed by atoms with van der Waals surface area (Å²) in [5.74, 6) is 1.15. The zero-order valence-electron chi connectivity index (χ0n) is 13.6. The molecule has 9 heteroatoms. The largest absolute Gasteiger partial charge is 0.480 e. The van der Waals surface area contributed by atoms with E-state index in [1.54, 1.807) is 23.9 Å². The van der Waals surface area contributed by atoms with Crippen molar-refractivity contribution in [3.63, 3.8) is 0 Å². The molecule has 3 aromatic rings. The molecule has 3 aromatic heterocycles. The number of nitrogens with two attached hydrogens (primary N) is 1. The van der Waals surface area contributed by atoms with Crippen molar-refractivity contribution in [1.29, 1.82) is 0 Å². The number of anilines is 3. The summed E-state index contributed by atoms with van der Waals surface area (Å²) in [6.45, 7) is 0. The summed E-state index contributed by atoms with van der Waals surface area (Å²) >= 11 is 0. The minimum absolute atomic E-state index is 0.264. The Bertz CT molecular complexity index is 949. The number of amides is 1. The molecular formula is C16H17N7O2. The number of aromatic nitrogens is 4. The van der Waals surface area contributed by atoms with Crippen molar-refractivity contribution in [1.82, 2.24) is 19.6 Å². The highest BCUT2D eigenvalue weighted by Crippen LogP contribution is 2.29. The average molecular weight is 339 g/mol. The number of nitrogens with one attached hydrogen (secondary N) is 2. The van der Waals surface area contributed by atoms with Crippen LogP contribution in [-0.4, -0.2) is 38.6 Å². The third kappa shape index (κ3) is 2.91. The predicted molar refractivity (Wildman–Crippen MR) is 92.2 cm³/mol. The SMILES string of the molecule is COc1ncccc1Nc1cc(NC2CC2)n2ncc(C(N)=O)c2n1. The Kier molecular flexibility index (Phi) is 3.60. The molecule has 1 saturated carbocycles. The molecule has 0 unspecified atom stereocenters. The number of methoxy groups -OCH3 is 1. The average Bonchev–Trinajstić information content (AvgIpc) is 3.31. The van der Waals surface area contributed by atoms with Crippen molar-refractivity contribution in [2.24, 2.45) is 5.73 Å². The highest BCUT2D eigenvalue weighted by Gasteiger charge is 2.24. The zero-order valence-corrected chi connectivity index (χ0v) is 13.6. The molecule has 25 heavy (non-hydrogen) atoms. The number of primary amides is 1. The van der Waals surface area contributed by atoms with Gasteiger partial charge in [0, 0.05) is 18.3 Å². The van der Waals surface area contributed by atoms with Crippen LogP contribution in [0, 0.1) is 0 Å². The van der Waals surface area contributed by atoms with E-state index in [1.165, 1.54) is 6.20 Å². The van der Waals surface area contributed by atoms with Crippen LogP contribution < -0.4 is 21.1 Å². The first kappa shape index (κ1) is 15.2. The van der Waals surface area contributed by atoms with Crippen molar-refractivity contribution in [2.45, 2.75) is 18.9 Å². The second-order valence-corrected chi connectivity index (χ2v) is 5.79. The van der Waals surface area contributed by atoms with Crippen LogP contribution in [0.3, 0.4) is 0 Å². The zero-order chi connectivity index (χ0) is 17.4. The van der Waals surface area contributed by atoms with E-state index in [4.69, 9.17) is 10.5 Å². The van der Waals surface area contributed by atoms with Crippen LogP contribution in [0.4, 0.5) is 17.3 Å². The first-order valence-corrected chi connectivity index (χ1v) is 7.87. The van der Waals surface area contributed by atoms with Gasteiger partial charge >= 0.3 is 0 Å². The molecule has 0 saturated heterocycles. The van der Waals surface area contributed by atoms with E-state index < -0.39 is 5.91 Å². The van der Waals surface area contributed by atoms with Gasteiger partial charge in [0.05, 0.1) is 13.3 Å². The number of ether oxygens (including phenoxy) is 1. The normalized spacial score (nSPS) is 13.6. The van der Waals surface area contributed by atoms with Crippen molar-refractivity contribution in [2.75, 3.05) is 17.7 Å². The van der Waals surface area contributed by atoms with Crippen LogP contribution in [-0.2, 0) is 0 Å². The Morgan fingerprint density at radius 2 is 2.28 bits per heavy atom. The third-order valence-corrected chi connectivity index (χ3v) is 3.89. The summed E-state index contributed by atoms with van der Waals surface area (Å²) in [7, 11) is 1.55. The molecule has 4 N–H and O–H groups in total. The Hall–Kier alpha value is -3.36. The van der Waals surface area contributed by atoms with E-state index in [9.17, 15) is 4.79 Å². The van der Waals surface area contributed by atoms with Gasteiger partial charge in [-0.05, 0) is 25.0 Å². The molecule has 0 aromatic carbocycles. The number of hydrogen-bond acceptors (Lipinski definition) is 7. The number of pyridine rings is 1. The molecule has 0 aliphatic heterocycles. The van der Waals surface area contributed by atoms with Crippen LogP contribution in [0.15, 0.2) is 30.6 Å². The van der Waals surface area contributed by atoms with Crippen molar-refractivity contribution in [3.05, 3.63) is 36.2 Å². The van der Waals surface area contributed by atoms with Crippen LogP contribution >= 0.6 is 0 Å². The van der Waals surface area contributed by atoms with Crippen LogP contribution in [0.25, 0.3) is 5.65 Å². The first-order valence-electron chi connectivity index (χ1n) is 7.87. The highest BCUT2D eigenvalue weighted by molar-refractivity contribution is 5.99. The minimum Gasteiger partial charge on any atom is -0.480 e. The fourth-order valence-electron chi connectivity index (χ4n) is 2.53. The molecule has 4 rings (SSSR count). The van der Waals surface area contributed by atoms with E-state index in [1.807, 2.05) is 12.1 Å². The Balaban J connectivity index is 1.79. The molecule has 0 atom stereocenters. The number of carbonyl (C=O) groups excluding carboxylic acids is 1. The summed E-state index contributed by atoms with van der Waals surface area (Å²) in [4.78, 5) is 20.3. The quantitative estimate of drug-likeness (QED) is 0.623. The number of hydrogen-bond donors (Lipinski definition) is 3. The van der Waals surface area contributed by atoms with E-state index in [0.29, 0.717) is 29.1 Å². The topological polar surface area (TPSA) is 119 Å². The lowest BCUT2D eigenvalue weighted by molar-refractivity contribution is 0.100. The molecular weight excluding hydrogens is 322 g/mol. The van der Waals surface area contributed by atoms with E-state index in [2.05, 4.69) is 25.7 Å². The maximum absolute atomic E-state index is 11.6. The lowest BCUT2D eigenvalue weighted by atomic mass is 10.3. The van der Waals surface area contributed by atoms with E-state index in [0.717, 1.165) is 18.7 Å². The second kappa shape index (κ2) is 5.93. The molecule has 0 bridgehead atoms. The van der Waals surface area contributed by atoms with Crippen molar-refractivity contribution >= 4 is 28.9 Å². The van der Waals surface area contributed by atoms with Gasteiger partial charge in [-0.1, -0.05) is 0 Å². The monoisotopic (exact) mass is 339 g/mol. The molecule has 1 aliphatic carbocycles. The fourth-order valence-corrected chi connectivity index (χ4v) is 2.53.